The number of hydrogen-bond acceptors (Lipinski definition) is 14. The second kappa shape index (κ2) is 16.6. The van der Waals surface area contributed by atoms with Crippen LogP contribution in [0.5, 0.6) is 0 Å². The highest BCUT2D eigenvalue weighted by Crippen LogP contribution is 2.39. The van der Waals surface area contributed by atoms with E-state index in [1.165, 1.54) is 0 Å². The van der Waals surface area contributed by atoms with Crippen molar-refractivity contribution in [3.8, 4) is 0 Å². The molecule has 2 rings (SSSR count). The third-order valence-electron chi connectivity index (χ3n) is 6.09. The molecule has 1 saturated heterocycles. The van der Waals surface area contributed by atoms with E-state index in [1.807, 2.05) is 0 Å². The van der Waals surface area contributed by atoms with Crippen LogP contribution in [-0.2, 0) is 68.5 Å². The van der Waals surface area contributed by atoms with Crippen LogP contribution in [0, 0.1) is 0 Å². The molecule has 1 aliphatic rings. The van der Waals surface area contributed by atoms with Crippen molar-refractivity contribution in [2.45, 2.75) is 90.8 Å². The standard InChI is InChI=1S/C29H39NO13/c1-8-37-17(2)30-25-23(40-19(4)32)14-29(28(35)36-7,39-15-22-12-10-9-11-13-22)43-27(25)26(42-21(6)34)24(41-20(5)33)16-38-18(3)31/h9-13,23-27H,8,14-16H2,1-7H3/t23-,24+,25+,26+,27+,29+/m0/s1. The quantitative estimate of drug-likeness (QED) is 0.138. The topological polar surface area (TPSA) is 172 Å². The molecule has 6 atom stereocenters. The first-order valence-corrected chi connectivity index (χ1v) is 13.6. The molecule has 238 valence electrons. The lowest BCUT2D eigenvalue weighted by molar-refractivity contribution is -0.315. The number of esters is 5. The maximum Gasteiger partial charge on any atom is 0.366 e. The van der Waals surface area contributed by atoms with E-state index in [4.69, 9.17) is 37.9 Å². The molecule has 1 aromatic carbocycles. The lowest BCUT2D eigenvalue weighted by Crippen LogP contribution is -2.65. The third kappa shape index (κ3) is 10.6. The summed E-state index contributed by atoms with van der Waals surface area (Å²) in [5, 5.41) is 0. The summed E-state index contributed by atoms with van der Waals surface area (Å²) in [7, 11) is 1.12. The van der Waals surface area contributed by atoms with E-state index in [1.54, 1.807) is 44.2 Å². The van der Waals surface area contributed by atoms with Crippen molar-refractivity contribution < 1.29 is 61.9 Å². The van der Waals surface area contributed by atoms with Crippen LogP contribution in [0.15, 0.2) is 35.3 Å². The van der Waals surface area contributed by atoms with Crippen LogP contribution in [0.2, 0.25) is 0 Å². The minimum atomic E-state index is -2.22. The fraction of sp³-hybridized carbons (Fsp3) is 0.586. The molecule has 0 spiro atoms. The van der Waals surface area contributed by atoms with Gasteiger partial charge in [-0.3, -0.25) is 19.2 Å². The van der Waals surface area contributed by atoms with Crippen molar-refractivity contribution in [3.63, 3.8) is 0 Å². The number of rotatable bonds is 13. The number of ether oxygens (including phenoxy) is 8. The molecule has 0 radical (unpaired) electrons. The minimum Gasteiger partial charge on any atom is -0.481 e. The van der Waals surface area contributed by atoms with Gasteiger partial charge in [-0.25, -0.2) is 9.79 Å². The Kier molecular flexibility index (Phi) is 13.5. The van der Waals surface area contributed by atoms with Crippen LogP contribution < -0.4 is 0 Å². The van der Waals surface area contributed by atoms with E-state index in [9.17, 15) is 24.0 Å². The Bertz CT molecular complexity index is 1150. The van der Waals surface area contributed by atoms with E-state index in [0.29, 0.717) is 5.56 Å². The molecule has 14 nitrogen and oxygen atoms in total. The average Bonchev–Trinajstić information content (AvgIpc) is 2.93. The fourth-order valence-corrected chi connectivity index (χ4v) is 4.50. The minimum absolute atomic E-state index is 0.138. The van der Waals surface area contributed by atoms with Gasteiger partial charge in [0.1, 0.15) is 24.9 Å². The highest BCUT2D eigenvalue weighted by atomic mass is 16.7. The summed E-state index contributed by atoms with van der Waals surface area (Å²) >= 11 is 0. The fourth-order valence-electron chi connectivity index (χ4n) is 4.50. The molecule has 1 aromatic rings. The molecular weight excluding hydrogens is 570 g/mol. The summed E-state index contributed by atoms with van der Waals surface area (Å²) in [6.07, 6.45) is -6.13. The lowest BCUT2D eigenvalue weighted by Gasteiger charge is -2.47. The largest absolute Gasteiger partial charge is 0.481 e. The first-order valence-electron chi connectivity index (χ1n) is 13.6. The van der Waals surface area contributed by atoms with Gasteiger partial charge in [-0.05, 0) is 12.5 Å². The second-order valence-corrected chi connectivity index (χ2v) is 9.55. The molecule has 0 aliphatic carbocycles. The van der Waals surface area contributed by atoms with Crippen molar-refractivity contribution >= 4 is 35.7 Å². The highest BCUT2D eigenvalue weighted by Gasteiger charge is 2.59. The smallest absolute Gasteiger partial charge is 0.366 e. The van der Waals surface area contributed by atoms with Crippen LogP contribution in [0.4, 0.5) is 0 Å². The van der Waals surface area contributed by atoms with Gasteiger partial charge in [-0.15, -0.1) is 0 Å². The van der Waals surface area contributed by atoms with E-state index in [0.717, 1.165) is 34.8 Å². The number of benzene rings is 1. The monoisotopic (exact) mass is 609 g/mol. The average molecular weight is 610 g/mol. The van der Waals surface area contributed by atoms with Gasteiger partial charge in [-0.2, -0.15) is 0 Å². The van der Waals surface area contributed by atoms with Crippen LogP contribution in [0.3, 0.4) is 0 Å². The summed E-state index contributed by atoms with van der Waals surface area (Å²) in [4.78, 5) is 66.4. The van der Waals surface area contributed by atoms with E-state index in [2.05, 4.69) is 4.99 Å². The van der Waals surface area contributed by atoms with Crippen molar-refractivity contribution in [3.05, 3.63) is 35.9 Å². The third-order valence-corrected chi connectivity index (χ3v) is 6.09. The summed E-state index contributed by atoms with van der Waals surface area (Å²) in [6.45, 7) is 7.33. The van der Waals surface area contributed by atoms with Gasteiger partial charge < -0.3 is 37.9 Å². The van der Waals surface area contributed by atoms with Gasteiger partial charge >= 0.3 is 29.8 Å². The van der Waals surface area contributed by atoms with Crippen LogP contribution in [0.25, 0.3) is 0 Å². The van der Waals surface area contributed by atoms with Gasteiger partial charge in [0, 0.05) is 34.6 Å². The van der Waals surface area contributed by atoms with Gasteiger partial charge in [-0.1, -0.05) is 30.3 Å². The highest BCUT2D eigenvalue weighted by molar-refractivity contribution is 5.78. The summed E-state index contributed by atoms with van der Waals surface area (Å²) in [5.74, 6) is -6.12. The summed E-state index contributed by atoms with van der Waals surface area (Å²) in [5.41, 5.74) is 0.673. The Labute approximate surface area is 249 Å². The van der Waals surface area contributed by atoms with Gasteiger partial charge in [0.15, 0.2) is 18.1 Å². The molecule has 1 aliphatic heterocycles. The molecular formula is C29H39NO13. The summed E-state index contributed by atoms with van der Waals surface area (Å²) in [6, 6.07) is 7.65. The Morgan fingerprint density at radius 1 is 0.930 bits per heavy atom. The van der Waals surface area contributed by atoms with Crippen molar-refractivity contribution in [1.82, 2.24) is 0 Å². The normalized spacial score (nSPS) is 23.2. The molecule has 0 aromatic heterocycles. The molecule has 1 fully saturated rings. The Hall–Kier alpha value is -4.04. The molecule has 1 heterocycles. The number of methoxy groups -OCH3 is 1. The number of hydrogen-bond donors (Lipinski definition) is 0. The maximum atomic E-state index is 13.4. The molecule has 14 heteroatoms. The van der Waals surface area contributed by atoms with Gasteiger partial charge in [0.2, 0.25) is 0 Å². The SMILES string of the molecule is CCOC(C)=N[C@H]1[C@H]([C@H](OC(C)=O)[C@@H](COC(C)=O)OC(C)=O)O[C@@](OCc2ccccc2)(C(=O)OC)C[C@@H]1OC(C)=O. The predicted molar refractivity (Wildman–Crippen MR) is 147 cm³/mol. The van der Waals surface area contributed by atoms with Crippen molar-refractivity contribution in [2.24, 2.45) is 4.99 Å². The number of aliphatic imine (C=N–C) groups is 1. The molecule has 0 unspecified atom stereocenters. The molecule has 0 bridgehead atoms. The zero-order valence-corrected chi connectivity index (χ0v) is 25.4. The predicted octanol–water partition coefficient (Wildman–Crippen LogP) is 2.04. The lowest BCUT2D eigenvalue weighted by atomic mass is 9.88. The van der Waals surface area contributed by atoms with E-state index < -0.39 is 72.7 Å². The van der Waals surface area contributed by atoms with E-state index in [-0.39, 0.29) is 25.5 Å². The van der Waals surface area contributed by atoms with E-state index >= 15 is 0 Å². The first-order chi connectivity index (χ1) is 20.3. The second-order valence-electron chi connectivity index (χ2n) is 9.55. The van der Waals surface area contributed by atoms with Gasteiger partial charge in [0.05, 0.1) is 26.7 Å². The molecule has 0 amide bonds. The van der Waals surface area contributed by atoms with Crippen LogP contribution >= 0.6 is 0 Å². The summed E-state index contributed by atoms with van der Waals surface area (Å²) < 4.78 is 44.7. The molecule has 0 N–H and O–H groups in total. The Morgan fingerprint density at radius 2 is 1.58 bits per heavy atom. The number of carbonyl (C=O) groups excluding carboxylic acids is 5. The molecule has 0 saturated carbocycles. The zero-order valence-electron chi connectivity index (χ0n) is 25.4. The van der Waals surface area contributed by atoms with Gasteiger partial charge in [0.25, 0.3) is 5.79 Å². The van der Waals surface area contributed by atoms with Crippen molar-refractivity contribution in [1.29, 1.82) is 0 Å². The zero-order chi connectivity index (χ0) is 32.2. The van der Waals surface area contributed by atoms with Crippen LogP contribution in [0.1, 0.15) is 53.5 Å². The Balaban J connectivity index is 2.78. The van der Waals surface area contributed by atoms with Crippen LogP contribution in [-0.4, -0.2) is 92.3 Å². The number of carbonyl (C=O) groups is 5. The first kappa shape index (κ1) is 35.2. The number of nitrogens with zero attached hydrogens (tertiary/aromatic N) is 1. The molecule has 43 heavy (non-hydrogen) atoms. The Morgan fingerprint density at radius 3 is 2.12 bits per heavy atom. The maximum absolute atomic E-state index is 13.4. The van der Waals surface area contributed by atoms with Crippen molar-refractivity contribution in [2.75, 3.05) is 20.3 Å².